The second-order valence-corrected chi connectivity index (χ2v) is 4.65. The van der Waals surface area contributed by atoms with Crippen LogP contribution in [0.15, 0.2) is 54.9 Å². The molecule has 94 valence electrons. The number of nitrogens with zero attached hydrogens (tertiary/aromatic N) is 2. The van der Waals surface area contributed by atoms with E-state index < -0.39 is 0 Å². The largest absolute Gasteiger partial charge is 0.319 e. The third-order valence-electron chi connectivity index (χ3n) is 3.31. The molecular formula is C16H15N3. The van der Waals surface area contributed by atoms with Crippen molar-refractivity contribution in [2.24, 2.45) is 5.73 Å². The smallest absolute Gasteiger partial charge is 0.0741 e. The molecule has 0 radical (unpaired) electrons. The summed E-state index contributed by atoms with van der Waals surface area (Å²) >= 11 is 0. The first-order valence-corrected chi connectivity index (χ1v) is 6.27. The molecule has 0 saturated heterocycles. The van der Waals surface area contributed by atoms with Crippen molar-refractivity contribution in [1.82, 2.24) is 9.97 Å². The molecule has 2 N–H and O–H groups in total. The first-order chi connectivity index (χ1) is 9.25. The highest BCUT2D eigenvalue weighted by atomic mass is 14.8. The maximum atomic E-state index is 6.27. The summed E-state index contributed by atoms with van der Waals surface area (Å²) < 4.78 is 0. The number of pyridine rings is 2. The van der Waals surface area contributed by atoms with Gasteiger partial charge in [-0.3, -0.25) is 9.97 Å². The first kappa shape index (κ1) is 11.8. The second kappa shape index (κ2) is 4.78. The van der Waals surface area contributed by atoms with Gasteiger partial charge in [0.25, 0.3) is 0 Å². The molecule has 3 rings (SSSR count). The van der Waals surface area contributed by atoms with E-state index >= 15 is 0 Å². The number of aryl methyl sites for hydroxylation is 1. The molecule has 1 unspecified atom stereocenters. The number of hydrogen-bond donors (Lipinski definition) is 1. The minimum Gasteiger partial charge on any atom is -0.319 e. The molecule has 19 heavy (non-hydrogen) atoms. The number of fused-ring (bicyclic) bond motifs is 1. The lowest BCUT2D eigenvalue weighted by Crippen LogP contribution is -2.14. The van der Waals surface area contributed by atoms with Gasteiger partial charge in [0.05, 0.1) is 17.3 Å². The van der Waals surface area contributed by atoms with Crippen LogP contribution in [0.1, 0.15) is 22.9 Å². The van der Waals surface area contributed by atoms with Crippen molar-refractivity contribution in [3.05, 3.63) is 71.7 Å². The molecular weight excluding hydrogens is 234 g/mol. The number of rotatable bonds is 2. The topological polar surface area (TPSA) is 51.8 Å². The van der Waals surface area contributed by atoms with Crippen LogP contribution in [0.2, 0.25) is 0 Å². The molecule has 0 spiro atoms. The third kappa shape index (κ3) is 2.20. The summed E-state index contributed by atoms with van der Waals surface area (Å²) in [7, 11) is 0. The first-order valence-electron chi connectivity index (χ1n) is 6.27. The number of para-hydroxylation sites is 1. The molecule has 0 amide bonds. The molecule has 0 saturated carbocycles. The minimum atomic E-state index is -0.239. The van der Waals surface area contributed by atoms with Gasteiger partial charge in [-0.05, 0) is 36.2 Å². The highest BCUT2D eigenvalue weighted by Gasteiger charge is 2.12. The fourth-order valence-electron chi connectivity index (χ4n) is 2.27. The van der Waals surface area contributed by atoms with Gasteiger partial charge in [-0.25, -0.2) is 0 Å². The number of aromatic nitrogens is 2. The van der Waals surface area contributed by atoms with Crippen molar-refractivity contribution in [1.29, 1.82) is 0 Å². The summed E-state index contributed by atoms with van der Waals surface area (Å²) in [5, 5.41) is 1.17. The van der Waals surface area contributed by atoms with Crippen molar-refractivity contribution < 1.29 is 0 Å². The van der Waals surface area contributed by atoms with Gasteiger partial charge in [-0.1, -0.05) is 24.3 Å². The van der Waals surface area contributed by atoms with Crippen molar-refractivity contribution in [3.63, 3.8) is 0 Å². The Kier molecular flexibility index (Phi) is 2.97. The summed E-state index contributed by atoms with van der Waals surface area (Å²) in [6, 6.07) is 13.8. The van der Waals surface area contributed by atoms with Gasteiger partial charge in [0.1, 0.15) is 0 Å². The summed E-state index contributed by atoms with van der Waals surface area (Å²) in [6.45, 7) is 2.09. The van der Waals surface area contributed by atoms with Crippen LogP contribution < -0.4 is 5.73 Å². The van der Waals surface area contributed by atoms with Crippen LogP contribution >= 0.6 is 0 Å². The highest BCUT2D eigenvalue weighted by Crippen LogP contribution is 2.23. The van der Waals surface area contributed by atoms with Gasteiger partial charge >= 0.3 is 0 Å². The molecule has 0 bridgehead atoms. The standard InChI is InChI=1S/C16H15N3/c1-11-9-15(16(17)12-5-4-8-18-10-12)19-14-7-3-2-6-13(11)14/h2-10,16H,17H2,1H3. The summed E-state index contributed by atoms with van der Waals surface area (Å²) in [5.41, 5.74) is 10.3. The third-order valence-corrected chi connectivity index (χ3v) is 3.31. The molecule has 3 nitrogen and oxygen atoms in total. The summed E-state index contributed by atoms with van der Waals surface area (Å²) in [6.07, 6.45) is 3.53. The van der Waals surface area contributed by atoms with Gasteiger partial charge in [-0.15, -0.1) is 0 Å². The van der Waals surface area contributed by atoms with E-state index in [1.54, 1.807) is 12.4 Å². The predicted octanol–water partition coefficient (Wildman–Crippen LogP) is 2.99. The SMILES string of the molecule is Cc1cc(C(N)c2cccnc2)nc2ccccc12. The summed E-state index contributed by atoms with van der Waals surface area (Å²) in [4.78, 5) is 8.77. The summed E-state index contributed by atoms with van der Waals surface area (Å²) in [5.74, 6) is 0. The van der Waals surface area contributed by atoms with Crippen molar-refractivity contribution in [2.45, 2.75) is 13.0 Å². The molecule has 3 heteroatoms. The maximum Gasteiger partial charge on any atom is 0.0741 e. The Balaban J connectivity index is 2.11. The van der Waals surface area contributed by atoms with Gasteiger partial charge in [-0.2, -0.15) is 0 Å². The lowest BCUT2D eigenvalue weighted by molar-refractivity contribution is 0.828. The average molecular weight is 249 g/mol. The maximum absolute atomic E-state index is 6.27. The quantitative estimate of drug-likeness (QED) is 0.759. The van der Waals surface area contributed by atoms with E-state index in [1.807, 2.05) is 30.3 Å². The van der Waals surface area contributed by atoms with E-state index in [2.05, 4.69) is 29.0 Å². The lowest BCUT2D eigenvalue weighted by atomic mass is 10.0. The molecule has 2 heterocycles. The van der Waals surface area contributed by atoms with Gasteiger partial charge in [0.15, 0.2) is 0 Å². The van der Waals surface area contributed by atoms with E-state index in [1.165, 1.54) is 10.9 Å². The Labute approximate surface area is 112 Å². The Morgan fingerprint density at radius 2 is 1.95 bits per heavy atom. The molecule has 1 atom stereocenters. The molecule has 0 aliphatic carbocycles. The fourth-order valence-corrected chi connectivity index (χ4v) is 2.27. The Hall–Kier alpha value is -2.26. The zero-order chi connectivity index (χ0) is 13.2. The minimum absolute atomic E-state index is 0.239. The van der Waals surface area contributed by atoms with Crippen LogP contribution in [-0.2, 0) is 0 Å². The van der Waals surface area contributed by atoms with E-state index in [0.717, 1.165) is 16.8 Å². The van der Waals surface area contributed by atoms with Crippen LogP contribution in [0.5, 0.6) is 0 Å². The Bertz CT molecular complexity index is 708. The number of nitrogens with two attached hydrogens (primary N) is 1. The Morgan fingerprint density at radius 3 is 2.74 bits per heavy atom. The number of benzene rings is 1. The van der Waals surface area contributed by atoms with Crippen LogP contribution in [0.4, 0.5) is 0 Å². The molecule has 1 aromatic carbocycles. The fraction of sp³-hybridized carbons (Fsp3) is 0.125. The second-order valence-electron chi connectivity index (χ2n) is 4.65. The van der Waals surface area contributed by atoms with Crippen LogP contribution in [-0.4, -0.2) is 9.97 Å². The van der Waals surface area contributed by atoms with Crippen molar-refractivity contribution in [3.8, 4) is 0 Å². The van der Waals surface area contributed by atoms with Crippen LogP contribution in [0, 0.1) is 6.92 Å². The van der Waals surface area contributed by atoms with E-state index in [9.17, 15) is 0 Å². The van der Waals surface area contributed by atoms with Crippen molar-refractivity contribution in [2.75, 3.05) is 0 Å². The van der Waals surface area contributed by atoms with Gasteiger partial charge < -0.3 is 5.73 Å². The monoisotopic (exact) mass is 249 g/mol. The zero-order valence-corrected chi connectivity index (χ0v) is 10.7. The van der Waals surface area contributed by atoms with Gasteiger partial charge in [0.2, 0.25) is 0 Å². The van der Waals surface area contributed by atoms with Crippen molar-refractivity contribution >= 4 is 10.9 Å². The highest BCUT2D eigenvalue weighted by molar-refractivity contribution is 5.82. The molecule has 2 aromatic heterocycles. The van der Waals surface area contributed by atoms with Crippen LogP contribution in [0.25, 0.3) is 10.9 Å². The molecule has 3 aromatic rings. The van der Waals surface area contributed by atoms with E-state index in [0.29, 0.717) is 0 Å². The van der Waals surface area contributed by atoms with Crippen LogP contribution in [0.3, 0.4) is 0 Å². The number of hydrogen-bond acceptors (Lipinski definition) is 3. The Morgan fingerprint density at radius 1 is 1.11 bits per heavy atom. The van der Waals surface area contributed by atoms with E-state index in [4.69, 9.17) is 5.73 Å². The van der Waals surface area contributed by atoms with E-state index in [-0.39, 0.29) is 6.04 Å². The molecule has 0 aliphatic rings. The predicted molar refractivity (Wildman–Crippen MR) is 76.7 cm³/mol. The zero-order valence-electron chi connectivity index (χ0n) is 10.7. The normalized spacial score (nSPS) is 12.5. The van der Waals surface area contributed by atoms with Gasteiger partial charge in [0, 0.05) is 17.8 Å². The average Bonchev–Trinajstić information content (AvgIpc) is 2.47. The lowest BCUT2D eigenvalue weighted by Gasteiger charge is -2.13. The molecule has 0 fully saturated rings. The molecule has 0 aliphatic heterocycles.